The third kappa shape index (κ3) is 2.71. The molecular weight excluding hydrogens is 160 g/mol. The van der Waals surface area contributed by atoms with Crippen LogP contribution in [0.25, 0.3) is 0 Å². The molecule has 2 aliphatic rings. The Morgan fingerprint density at radius 1 is 0.769 bits per heavy atom. The summed E-state index contributed by atoms with van der Waals surface area (Å²) in [6.07, 6.45) is 10.8. The molecule has 0 spiro atoms. The van der Waals surface area contributed by atoms with Crippen LogP contribution in [-0.2, 0) is 0 Å². The predicted molar refractivity (Wildman–Crippen MR) is 55.3 cm³/mol. The summed E-state index contributed by atoms with van der Waals surface area (Å²) >= 11 is 0. The van der Waals surface area contributed by atoms with Crippen molar-refractivity contribution in [2.75, 3.05) is 26.2 Å². The molecule has 2 fully saturated rings. The van der Waals surface area contributed by atoms with E-state index in [4.69, 9.17) is 0 Å². The van der Waals surface area contributed by atoms with E-state index in [1.165, 1.54) is 64.7 Å². The molecule has 0 unspecified atom stereocenters. The second-order valence-corrected chi connectivity index (χ2v) is 4.31. The summed E-state index contributed by atoms with van der Waals surface area (Å²) in [7, 11) is 0. The molecule has 2 aliphatic heterocycles. The lowest BCUT2D eigenvalue weighted by Crippen LogP contribution is -2.34. The number of hydrogen-bond donors (Lipinski definition) is 0. The van der Waals surface area contributed by atoms with Gasteiger partial charge in [0.2, 0.25) is 6.34 Å². The third-order valence-electron chi connectivity index (χ3n) is 3.11. The maximum absolute atomic E-state index is 2.51. The van der Waals surface area contributed by atoms with Crippen molar-refractivity contribution in [3.05, 3.63) is 0 Å². The standard InChI is InChI=1S/C11H21N2/c1-3-7-12(8-4-1)11-13-9-5-2-6-10-13/h11H,1-10H2/q+1. The molecule has 2 saturated heterocycles. The molecule has 74 valence electrons. The summed E-state index contributed by atoms with van der Waals surface area (Å²) in [6, 6.07) is 0. The molecule has 0 amide bonds. The topological polar surface area (TPSA) is 6.25 Å². The molecule has 0 atom stereocenters. The first-order valence-corrected chi connectivity index (χ1v) is 5.78. The Morgan fingerprint density at radius 2 is 1.38 bits per heavy atom. The molecule has 0 N–H and O–H groups in total. The highest BCUT2D eigenvalue weighted by Crippen LogP contribution is 2.08. The number of rotatable bonds is 1. The zero-order valence-electron chi connectivity index (χ0n) is 8.54. The van der Waals surface area contributed by atoms with E-state index in [-0.39, 0.29) is 0 Å². The molecule has 2 rings (SSSR count). The van der Waals surface area contributed by atoms with Gasteiger partial charge in [0.15, 0.2) is 0 Å². The Labute approximate surface area is 81.2 Å². The first kappa shape index (κ1) is 9.04. The van der Waals surface area contributed by atoms with Gasteiger partial charge in [-0.1, -0.05) is 0 Å². The van der Waals surface area contributed by atoms with Crippen LogP contribution in [0.1, 0.15) is 38.5 Å². The molecular formula is C11H21N2+. The van der Waals surface area contributed by atoms with Gasteiger partial charge in [-0.15, -0.1) is 0 Å². The van der Waals surface area contributed by atoms with Crippen molar-refractivity contribution in [3.63, 3.8) is 0 Å². The molecule has 0 aromatic heterocycles. The van der Waals surface area contributed by atoms with Crippen LogP contribution in [0.15, 0.2) is 0 Å². The van der Waals surface area contributed by atoms with Gasteiger partial charge in [-0.2, -0.15) is 0 Å². The summed E-state index contributed by atoms with van der Waals surface area (Å²) in [4.78, 5) is 2.51. The number of likely N-dealkylation sites (tertiary alicyclic amines) is 1. The van der Waals surface area contributed by atoms with Crippen LogP contribution in [0.3, 0.4) is 0 Å². The van der Waals surface area contributed by atoms with Crippen molar-refractivity contribution < 1.29 is 4.58 Å². The highest BCUT2D eigenvalue weighted by Gasteiger charge is 2.14. The Bertz CT molecular complexity index is 173. The highest BCUT2D eigenvalue weighted by atomic mass is 15.2. The van der Waals surface area contributed by atoms with Gasteiger partial charge in [0.05, 0.1) is 26.2 Å². The summed E-state index contributed by atoms with van der Waals surface area (Å²) in [6.45, 7) is 5.15. The van der Waals surface area contributed by atoms with Crippen molar-refractivity contribution in [1.82, 2.24) is 4.90 Å². The third-order valence-corrected chi connectivity index (χ3v) is 3.11. The molecule has 0 saturated carbocycles. The van der Waals surface area contributed by atoms with Crippen LogP contribution >= 0.6 is 0 Å². The number of piperidine rings is 2. The van der Waals surface area contributed by atoms with E-state index in [2.05, 4.69) is 15.8 Å². The van der Waals surface area contributed by atoms with Crippen LogP contribution in [0.2, 0.25) is 0 Å². The largest absolute Gasteiger partial charge is 0.268 e. The normalized spacial score (nSPS) is 24.6. The van der Waals surface area contributed by atoms with E-state index in [0.29, 0.717) is 0 Å². The molecule has 2 heterocycles. The maximum atomic E-state index is 2.51. The summed E-state index contributed by atoms with van der Waals surface area (Å²) in [5.74, 6) is 0. The second kappa shape index (κ2) is 4.64. The van der Waals surface area contributed by atoms with E-state index in [9.17, 15) is 0 Å². The smallest absolute Gasteiger partial charge is 0.234 e. The van der Waals surface area contributed by atoms with Gasteiger partial charge in [0, 0.05) is 0 Å². The zero-order chi connectivity index (χ0) is 8.93. The first-order chi connectivity index (χ1) is 6.45. The molecule has 0 radical (unpaired) electrons. The summed E-state index contributed by atoms with van der Waals surface area (Å²) in [5, 5.41) is 0. The molecule has 2 nitrogen and oxygen atoms in total. The average Bonchev–Trinajstić information content (AvgIpc) is 2.21. The summed E-state index contributed by atoms with van der Waals surface area (Å²) < 4.78 is 2.51. The lowest BCUT2D eigenvalue weighted by atomic mass is 10.1. The minimum Gasteiger partial charge on any atom is -0.268 e. The lowest BCUT2D eigenvalue weighted by molar-refractivity contribution is -0.537. The molecule has 13 heavy (non-hydrogen) atoms. The van der Waals surface area contributed by atoms with E-state index in [1.54, 1.807) is 0 Å². The predicted octanol–water partition coefficient (Wildman–Crippen LogP) is 1.70. The second-order valence-electron chi connectivity index (χ2n) is 4.31. The number of nitrogens with zero attached hydrogens (tertiary/aromatic N) is 2. The zero-order valence-corrected chi connectivity index (χ0v) is 8.54. The van der Waals surface area contributed by atoms with Crippen molar-refractivity contribution >= 4 is 6.34 Å². The minimum absolute atomic E-state index is 1.29. The molecule has 0 aliphatic carbocycles. The molecule has 0 bridgehead atoms. The van der Waals surface area contributed by atoms with Crippen LogP contribution in [0.5, 0.6) is 0 Å². The van der Waals surface area contributed by atoms with E-state index in [1.807, 2.05) is 0 Å². The van der Waals surface area contributed by atoms with Crippen LogP contribution in [-0.4, -0.2) is 42.0 Å². The van der Waals surface area contributed by atoms with Crippen LogP contribution < -0.4 is 0 Å². The van der Waals surface area contributed by atoms with E-state index >= 15 is 0 Å². The molecule has 2 heteroatoms. The van der Waals surface area contributed by atoms with Crippen molar-refractivity contribution in [2.24, 2.45) is 0 Å². The van der Waals surface area contributed by atoms with Gasteiger partial charge >= 0.3 is 0 Å². The van der Waals surface area contributed by atoms with Crippen molar-refractivity contribution in [2.45, 2.75) is 38.5 Å². The lowest BCUT2D eigenvalue weighted by Gasteiger charge is -2.21. The Hall–Kier alpha value is -0.530. The monoisotopic (exact) mass is 181 g/mol. The molecule has 0 aromatic rings. The highest BCUT2D eigenvalue weighted by molar-refractivity contribution is 5.48. The van der Waals surface area contributed by atoms with Gasteiger partial charge in [-0.3, -0.25) is 9.48 Å². The maximum Gasteiger partial charge on any atom is 0.234 e. The van der Waals surface area contributed by atoms with Gasteiger partial charge < -0.3 is 0 Å². The fourth-order valence-electron chi connectivity index (χ4n) is 2.30. The quantitative estimate of drug-likeness (QED) is 0.441. The summed E-state index contributed by atoms with van der Waals surface area (Å²) in [5.41, 5.74) is 0. The van der Waals surface area contributed by atoms with Gasteiger partial charge in [-0.25, -0.2) is 0 Å². The Kier molecular flexibility index (Phi) is 3.22. The van der Waals surface area contributed by atoms with Crippen molar-refractivity contribution in [3.8, 4) is 0 Å². The number of hydrogen-bond acceptors (Lipinski definition) is 0. The fraction of sp³-hybridized carbons (Fsp3) is 0.909. The van der Waals surface area contributed by atoms with Gasteiger partial charge in [0.1, 0.15) is 0 Å². The minimum atomic E-state index is 1.29. The van der Waals surface area contributed by atoms with Crippen LogP contribution in [0, 0.1) is 0 Å². The van der Waals surface area contributed by atoms with Crippen molar-refractivity contribution in [1.29, 1.82) is 0 Å². The van der Waals surface area contributed by atoms with Gasteiger partial charge in [-0.05, 0) is 38.5 Å². The average molecular weight is 181 g/mol. The Morgan fingerprint density at radius 3 is 2.08 bits per heavy atom. The Balaban J connectivity index is 1.85. The fourth-order valence-corrected chi connectivity index (χ4v) is 2.30. The van der Waals surface area contributed by atoms with E-state index in [0.717, 1.165) is 0 Å². The van der Waals surface area contributed by atoms with Crippen LogP contribution in [0.4, 0.5) is 0 Å². The van der Waals surface area contributed by atoms with Gasteiger partial charge in [0.25, 0.3) is 0 Å². The molecule has 0 aromatic carbocycles. The first-order valence-electron chi connectivity index (χ1n) is 5.78. The SMILES string of the molecule is C(N1CCCCC1)=[N+]1CCCCC1. The van der Waals surface area contributed by atoms with E-state index < -0.39 is 0 Å².